The first-order chi connectivity index (χ1) is 15.7. The number of unbranched alkanes of at least 4 members (excludes halogenated alkanes) is 2. The number of methoxy groups -OCH3 is 1. The van der Waals surface area contributed by atoms with E-state index in [1.165, 1.54) is 18.4 Å². The molecule has 1 fully saturated rings. The zero-order valence-electron chi connectivity index (χ0n) is 19.2. The molecule has 1 aromatic carbocycles. The van der Waals surface area contributed by atoms with Crippen LogP contribution in [0.5, 0.6) is 5.75 Å². The average molecular weight is 438 g/mol. The molecule has 0 aliphatic carbocycles. The minimum atomic E-state index is 0.295. The molecule has 4 rings (SSSR count). The molecule has 172 valence electrons. The number of aromatic nitrogens is 3. The van der Waals surface area contributed by atoms with Crippen LogP contribution >= 0.6 is 0 Å². The van der Waals surface area contributed by atoms with Gasteiger partial charge in [-0.2, -0.15) is 4.98 Å². The molecule has 0 radical (unpaired) electrons. The number of hydrogen-bond donors (Lipinski definition) is 3. The second kappa shape index (κ2) is 10.7. The van der Waals surface area contributed by atoms with E-state index in [0.29, 0.717) is 12.5 Å². The number of nitrogens with two attached hydrogens (primary N) is 1. The Morgan fingerprint density at radius 3 is 2.75 bits per heavy atom. The highest BCUT2D eigenvalue weighted by atomic mass is 16.5. The van der Waals surface area contributed by atoms with Crippen molar-refractivity contribution < 1.29 is 4.74 Å². The maximum absolute atomic E-state index is 5.97. The molecule has 32 heavy (non-hydrogen) atoms. The van der Waals surface area contributed by atoms with E-state index in [9.17, 15) is 0 Å². The molecule has 1 aliphatic rings. The quantitative estimate of drug-likeness (QED) is 0.420. The maximum atomic E-state index is 5.97. The lowest BCUT2D eigenvalue weighted by molar-refractivity contribution is 0.233. The Hall–Kier alpha value is -2.84. The van der Waals surface area contributed by atoms with Gasteiger partial charge in [-0.25, -0.2) is 4.98 Å². The van der Waals surface area contributed by atoms with Crippen LogP contribution < -0.4 is 21.1 Å². The van der Waals surface area contributed by atoms with E-state index in [-0.39, 0.29) is 0 Å². The monoisotopic (exact) mass is 437 g/mol. The van der Waals surface area contributed by atoms with Gasteiger partial charge in [0.25, 0.3) is 0 Å². The van der Waals surface area contributed by atoms with Gasteiger partial charge in [0.05, 0.1) is 19.2 Å². The molecule has 4 N–H and O–H groups in total. The van der Waals surface area contributed by atoms with Crippen molar-refractivity contribution in [2.45, 2.75) is 39.3 Å². The van der Waals surface area contributed by atoms with E-state index in [1.54, 1.807) is 7.11 Å². The Balaban J connectivity index is 1.59. The Bertz CT molecular complexity index is 1030. The molecule has 0 spiro atoms. The van der Waals surface area contributed by atoms with Crippen molar-refractivity contribution in [1.82, 2.24) is 24.8 Å². The van der Waals surface area contributed by atoms with Crippen LogP contribution in [0.2, 0.25) is 0 Å². The molecule has 0 unspecified atom stereocenters. The molecule has 3 heterocycles. The van der Waals surface area contributed by atoms with E-state index in [4.69, 9.17) is 10.5 Å². The SMILES string of the molecule is CCCCCNc1nc(N)nc2ccn(Cc3cc(CN4CCNCC4)ccc3OC)c12. The fraction of sp³-hybridized carbons (Fsp3) is 0.500. The van der Waals surface area contributed by atoms with Gasteiger partial charge in [0, 0.05) is 51.0 Å². The van der Waals surface area contributed by atoms with Crippen molar-refractivity contribution in [3.8, 4) is 5.75 Å². The summed E-state index contributed by atoms with van der Waals surface area (Å²) in [5.74, 6) is 1.98. The zero-order chi connectivity index (χ0) is 22.3. The summed E-state index contributed by atoms with van der Waals surface area (Å²) in [5.41, 5.74) is 10.2. The molecule has 0 atom stereocenters. The molecule has 1 aliphatic heterocycles. The Morgan fingerprint density at radius 2 is 1.97 bits per heavy atom. The molecule has 3 aromatic rings. The summed E-state index contributed by atoms with van der Waals surface area (Å²) in [6, 6.07) is 8.51. The van der Waals surface area contributed by atoms with Crippen LogP contribution in [0.4, 0.5) is 11.8 Å². The minimum Gasteiger partial charge on any atom is -0.496 e. The van der Waals surface area contributed by atoms with Gasteiger partial charge in [0.1, 0.15) is 11.3 Å². The summed E-state index contributed by atoms with van der Waals surface area (Å²) in [6.07, 6.45) is 5.53. The van der Waals surface area contributed by atoms with Gasteiger partial charge in [-0.05, 0) is 30.2 Å². The number of fused-ring (bicyclic) bond motifs is 1. The second-order valence-corrected chi connectivity index (χ2v) is 8.41. The molecule has 0 amide bonds. The number of hydrogen-bond acceptors (Lipinski definition) is 7. The molecule has 0 bridgehead atoms. The van der Waals surface area contributed by atoms with E-state index >= 15 is 0 Å². The highest BCUT2D eigenvalue weighted by molar-refractivity contribution is 5.87. The number of rotatable bonds is 10. The van der Waals surface area contributed by atoms with Gasteiger partial charge >= 0.3 is 0 Å². The van der Waals surface area contributed by atoms with Crippen molar-refractivity contribution >= 4 is 22.8 Å². The third-order valence-corrected chi connectivity index (χ3v) is 6.00. The van der Waals surface area contributed by atoms with Gasteiger partial charge in [-0.1, -0.05) is 25.8 Å². The third-order valence-electron chi connectivity index (χ3n) is 6.00. The Morgan fingerprint density at radius 1 is 1.12 bits per heavy atom. The first-order valence-electron chi connectivity index (χ1n) is 11.6. The highest BCUT2D eigenvalue weighted by Gasteiger charge is 2.15. The predicted octanol–water partition coefficient (Wildman–Crippen LogP) is 3.08. The summed E-state index contributed by atoms with van der Waals surface area (Å²) >= 11 is 0. The Kier molecular flexibility index (Phi) is 7.44. The number of anilines is 2. The van der Waals surface area contributed by atoms with Crippen molar-refractivity contribution in [1.29, 1.82) is 0 Å². The van der Waals surface area contributed by atoms with Crippen molar-refractivity contribution in [2.75, 3.05) is 50.9 Å². The lowest BCUT2D eigenvalue weighted by Crippen LogP contribution is -2.42. The van der Waals surface area contributed by atoms with Crippen LogP contribution in [0, 0.1) is 0 Å². The molecule has 2 aromatic heterocycles. The van der Waals surface area contributed by atoms with Crippen molar-refractivity contribution in [3.05, 3.63) is 41.6 Å². The standard InChI is InChI=1S/C24H35N7O/c1-3-4-5-9-27-23-22-20(28-24(25)29-23)8-12-31(22)17-19-15-18(6-7-21(19)32-2)16-30-13-10-26-11-14-30/h6-8,12,15,26H,3-5,9-11,13-14,16-17H2,1-2H3,(H3,25,27,28,29). The molecule has 0 saturated carbocycles. The topological polar surface area (TPSA) is 93.3 Å². The van der Waals surface area contributed by atoms with Crippen molar-refractivity contribution in [2.24, 2.45) is 0 Å². The van der Waals surface area contributed by atoms with Crippen molar-refractivity contribution in [3.63, 3.8) is 0 Å². The number of ether oxygens (including phenoxy) is 1. The number of piperazine rings is 1. The zero-order valence-corrected chi connectivity index (χ0v) is 19.2. The van der Waals surface area contributed by atoms with Crippen LogP contribution in [0.1, 0.15) is 37.3 Å². The van der Waals surface area contributed by atoms with Gasteiger partial charge in [0.2, 0.25) is 5.95 Å². The molecule has 1 saturated heterocycles. The third kappa shape index (κ3) is 5.31. The average Bonchev–Trinajstić information content (AvgIpc) is 3.20. The molecular formula is C24H35N7O. The molecule has 8 heteroatoms. The van der Waals surface area contributed by atoms with Crippen LogP contribution in [-0.2, 0) is 13.1 Å². The molecular weight excluding hydrogens is 402 g/mol. The number of nitrogens with zero attached hydrogens (tertiary/aromatic N) is 4. The van der Waals surface area contributed by atoms with Gasteiger partial charge in [-0.3, -0.25) is 4.90 Å². The van der Waals surface area contributed by atoms with Crippen LogP contribution in [0.15, 0.2) is 30.5 Å². The van der Waals surface area contributed by atoms with Crippen LogP contribution in [0.25, 0.3) is 11.0 Å². The van der Waals surface area contributed by atoms with Gasteiger partial charge < -0.3 is 25.7 Å². The predicted molar refractivity (Wildman–Crippen MR) is 130 cm³/mol. The van der Waals surface area contributed by atoms with E-state index < -0.39 is 0 Å². The van der Waals surface area contributed by atoms with Gasteiger partial charge in [-0.15, -0.1) is 0 Å². The summed E-state index contributed by atoms with van der Waals surface area (Å²) in [4.78, 5) is 11.4. The summed E-state index contributed by atoms with van der Waals surface area (Å²) < 4.78 is 7.87. The summed E-state index contributed by atoms with van der Waals surface area (Å²) in [6.45, 7) is 8.97. The largest absolute Gasteiger partial charge is 0.496 e. The van der Waals surface area contributed by atoms with Crippen LogP contribution in [0.3, 0.4) is 0 Å². The lowest BCUT2D eigenvalue weighted by Gasteiger charge is -2.27. The number of nitrogens with one attached hydrogen (secondary N) is 2. The smallest absolute Gasteiger partial charge is 0.222 e. The number of nitrogen functional groups attached to an aromatic ring is 1. The van der Waals surface area contributed by atoms with E-state index in [2.05, 4.69) is 61.4 Å². The summed E-state index contributed by atoms with van der Waals surface area (Å²) in [7, 11) is 1.73. The minimum absolute atomic E-state index is 0.295. The first-order valence-corrected chi connectivity index (χ1v) is 11.6. The Labute approximate surface area is 190 Å². The van der Waals surface area contributed by atoms with Gasteiger partial charge in [0.15, 0.2) is 5.82 Å². The fourth-order valence-electron chi connectivity index (χ4n) is 4.33. The van der Waals surface area contributed by atoms with E-state index in [1.807, 2.05) is 6.07 Å². The summed E-state index contributed by atoms with van der Waals surface area (Å²) in [5, 5.41) is 6.89. The molecule has 8 nitrogen and oxygen atoms in total. The highest BCUT2D eigenvalue weighted by Crippen LogP contribution is 2.27. The van der Waals surface area contributed by atoms with Crippen LogP contribution in [-0.4, -0.2) is 59.3 Å². The first kappa shape index (κ1) is 22.4. The second-order valence-electron chi connectivity index (χ2n) is 8.41. The number of benzene rings is 1. The maximum Gasteiger partial charge on any atom is 0.222 e. The lowest BCUT2D eigenvalue weighted by atomic mass is 10.1. The van der Waals surface area contributed by atoms with E-state index in [0.717, 1.165) is 73.9 Å². The fourth-order valence-corrected chi connectivity index (χ4v) is 4.33. The normalized spacial score (nSPS) is 14.7.